The number of carbonyl (C=O) groups is 2. The Morgan fingerprint density at radius 3 is 1.28 bits per heavy atom. The number of amides is 1. The number of alkyl halides is 6. The van der Waals surface area contributed by atoms with Crippen molar-refractivity contribution in [3.63, 3.8) is 0 Å². The number of carbonyl (C=O) groups excluding carboxylic acids is 1. The van der Waals surface area contributed by atoms with Gasteiger partial charge >= 0.3 is 18.3 Å². The maximum absolute atomic E-state index is 13.8. The number of phenols is 2. The van der Waals surface area contributed by atoms with Gasteiger partial charge < -0.3 is 36.2 Å². The molecular formula is C46H68F6N4O5S6. The van der Waals surface area contributed by atoms with Crippen LogP contribution in [-0.4, -0.2) is 103 Å². The molecule has 380 valence electrons. The van der Waals surface area contributed by atoms with Crippen LogP contribution in [0.1, 0.15) is 81.0 Å². The Balaban J connectivity index is 0.00000104. The molecule has 6 N–H and O–H groups in total. The van der Waals surface area contributed by atoms with E-state index in [9.17, 15) is 41.0 Å². The number of halogens is 6. The second kappa shape index (κ2) is 27.6. The van der Waals surface area contributed by atoms with E-state index in [1.54, 1.807) is 49.4 Å². The summed E-state index contributed by atoms with van der Waals surface area (Å²) >= 11 is 2.60. The lowest BCUT2D eigenvalue weighted by atomic mass is 9.84. The second-order valence-electron chi connectivity index (χ2n) is 17.1. The average Bonchev–Trinajstić information content (AvgIpc) is 4.11. The number of rotatable bonds is 17. The minimum absolute atomic E-state index is 0. The predicted octanol–water partition coefficient (Wildman–Crippen LogP) is 10.1. The third-order valence-corrected chi connectivity index (χ3v) is 14.3. The third kappa shape index (κ3) is 18.2. The maximum atomic E-state index is 13.8. The van der Waals surface area contributed by atoms with Crippen molar-refractivity contribution in [2.45, 2.75) is 101 Å². The molecule has 2 aromatic heterocycles. The number of thiophene rings is 2. The molecule has 2 saturated carbocycles. The first-order chi connectivity index (χ1) is 29.4. The SMILES string of the molecule is CN(C)[C@H](CN)Cc1ccc(O)cc1.Cc1ccc(C(CC(=O)NC[C@H](Cc2ccc(O)cc2)N(C)C)C2(C(F)(F)F)CC2)s1.Cc1ccc([C@@H](CC(=O)O)C2(C(F)(F)F)CC2)s1.S.S.S.S. The van der Waals surface area contributed by atoms with Crippen LogP contribution in [0, 0.1) is 24.7 Å². The molecule has 2 heterocycles. The maximum Gasteiger partial charge on any atom is 0.395 e. The Hall–Kier alpha value is -2.76. The van der Waals surface area contributed by atoms with Crippen LogP contribution in [0.25, 0.3) is 0 Å². The van der Waals surface area contributed by atoms with Gasteiger partial charge in [-0.2, -0.15) is 80.3 Å². The quantitative estimate of drug-likeness (QED) is 0.0659. The summed E-state index contributed by atoms with van der Waals surface area (Å²) in [6.07, 6.45) is -7.49. The van der Waals surface area contributed by atoms with Gasteiger partial charge in [0, 0.05) is 62.9 Å². The Kier molecular flexibility index (Phi) is 26.4. The molecule has 1 amide bonds. The lowest BCUT2D eigenvalue weighted by Crippen LogP contribution is -2.42. The van der Waals surface area contributed by atoms with Crippen molar-refractivity contribution in [2.75, 3.05) is 41.3 Å². The number of aliphatic carboxylic acids is 1. The molecule has 1 unspecified atom stereocenters. The van der Waals surface area contributed by atoms with E-state index in [0.717, 1.165) is 21.7 Å². The number of hydrogen-bond acceptors (Lipinski definition) is 9. The molecule has 0 spiro atoms. The van der Waals surface area contributed by atoms with Gasteiger partial charge in [-0.3, -0.25) is 9.59 Å². The van der Waals surface area contributed by atoms with Crippen LogP contribution in [0.3, 0.4) is 0 Å². The summed E-state index contributed by atoms with van der Waals surface area (Å²) in [5, 5.41) is 30.3. The van der Waals surface area contributed by atoms with Gasteiger partial charge in [-0.1, -0.05) is 24.3 Å². The van der Waals surface area contributed by atoms with E-state index < -0.39 is 47.4 Å². The molecular weight excluding hydrogens is 995 g/mol. The molecule has 2 fully saturated rings. The van der Waals surface area contributed by atoms with Crippen molar-refractivity contribution in [3.05, 3.63) is 103 Å². The van der Waals surface area contributed by atoms with Gasteiger partial charge in [0.25, 0.3) is 0 Å². The number of aryl methyl sites for hydroxylation is 2. The highest BCUT2D eigenvalue weighted by Gasteiger charge is 2.68. The molecule has 0 bridgehead atoms. The fraction of sp³-hybridized carbons (Fsp3) is 0.522. The van der Waals surface area contributed by atoms with Crippen molar-refractivity contribution < 1.29 is 51.3 Å². The van der Waals surface area contributed by atoms with Crippen molar-refractivity contribution in [2.24, 2.45) is 16.6 Å². The summed E-state index contributed by atoms with van der Waals surface area (Å²) < 4.78 is 80.8. The van der Waals surface area contributed by atoms with Crippen LogP contribution in [-0.2, 0) is 22.4 Å². The molecule has 9 nitrogen and oxygen atoms in total. The standard InChI is InChI=1S/C23H29F3N2O2S.C12H13F3O2S.C11H18N2O.4H2S/c1-15-4-9-20(31-15)19(22(10-11-22)23(24,25)26)13-21(30)27-14-17(28(2)3)12-16-5-7-18(29)8-6-16;1-7-2-3-9(18-7)8(6-10(16)17)11(4-5-11)12(13,14)15;1-13(2)10(8-12)7-9-3-5-11(14)6-4-9;;;;/h4-9,17,19,29H,10-14H2,1-3H3,(H,27,30);2-3,8H,4-6H2,1H3,(H,16,17);3-6,10,14H,7-8,12H2,1-2H3;4*1H2/t17-,19?;8-;10-;;;;/m010..../s1. The predicted molar refractivity (Wildman–Crippen MR) is 278 cm³/mol. The number of benzene rings is 2. The molecule has 2 aliphatic rings. The van der Waals surface area contributed by atoms with Gasteiger partial charge in [-0.15, -0.1) is 22.7 Å². The first-order valence-corrected chi connectivity index (χ1v) is 22.4. The molecule has 0 radical (unpaired) electrons. The number of likely N-dealkylation sites (N-methyl/N-ethyl adjacent to an activating group) is 2. The van der Waals surface area contributed by atoms with Crippen molar-refractivity contribution in [1.82, 2.24) is 15.1 Å². The van der Waals surface area contributed by atoms with Gasteiger partial charge in [0.15, 0.2) is 0 Å². The van der Waals surface area contributed by atoms with Gasteiger partial charge in [0.1, 0.15) is 11.5 Å². The van der Waals surface area contributed by atoms with E-state index in [4.69, 9.17) is 15.9 Å². The zero-order valence-corrected chi connectivity index (χ0v) is 44.2. The zero-order valence-electron chi connectivity index (χ0n) is 38.5. The third-order valence-electron chi connectivity index (χ3n) is 12.1. The zero-order chi connectivity index (χ0) is 46.9. The smallest absolute Gasteiger partial charge is 0.395 e. The number of phenolic OH excluding ortho intramolecular Hbond substituents is 2. The molecule has 0 saturated heterocycles. The van der Waals surface area contributed by atoms with Gasteiger partial charge in [0.2, 0.25) is 5.91 Å². The molecule has 0 aliphatic heterocycles. The van der Waals surface area contributed by atoms with Crippen LogP contribution < -0.4 is 11.1 Å². The minimum Gasteiger partial charge on any atom is -0.508 e. The number of aromatic hydroxyl groups is 2. The highest BCUT2D eigenvalue weighted by atomic mass is 32.1. The Bertz CT molecular complexity index is 2080. The first kappa shape index (κ1) is 64.2. The molecule has 4 atom stereocenters. The molecule has 2 aromatic carbocycles. The molecule has 2 aliphatic carbocycles. The highest BCUT2D eigenvalue weighted by Crippen LogP contribution is 2.67. The number of carboxylic acids is 1. The average molecular weight is 1060 g/mol. The fourth-order valence-electron chi connectivity index (χ4n) is 7.73. The second-order valence-corrected chi connectivity index (χ2v) is 19.8. The highest BCUT2D eigenvalue weighted by molar-refractivity contribution is 7.59. The summed E-state index contributed by atoms with van der Waals surface area (Å²) in [6.45, 7) is 4.65. The molecule has 4 aromatic rings. The van der Waals surface area contributed by atoms with Gasteiger partial charge in [-0.05, 0) is 140 Å². The van der Waals surface area contributed by atoms with Crippen LogP contribution >= 0.6 is 76.7 Å². The summed E-state index contributed by atoms with van der Waals surface area (Å²) in [4.78, 5) is 30.7. The number of nitrogens with two attached hydrogens (primary N) is 1. The molecule has 21 heteroatoms. The summed E-state index contributed by atoms with van der Waals surface area (Å²) in [5.41, 5.74) is 4.27. The number of hydrogen-bond donors (Lipinski definition) is 5. The van der Waals surface area contributed by atoms with E-state index in [2.05, 4.69) is 10.2 Å². The van der Waals surface area contributed by atoms with Gasteiger partial charge in [-0.25, -0.2) is 0 Å². The lowest BCUT2D eigenvalue weighted by Gasteiger charge is -2.29. The first-order valence-electron chi connectivity index (χ1n) is 20.7. The summed E-state index contributed by atoms with van der Waals surface area (Å²) in [6, 6.07) is 21.4. The number of carboxylic acid groups (broad SMARTS) is 1. The van der Waals surface area contributed by atoms with E-state index in [1.807, 2.05) is 70.3 Å². The Labute approximate surface area is 426 Å². The summed E-state index contributed by atoms with van der Waals surface area (Å²) in [7, 11) is 7.85. The van der Waals surface area contributed by atoms with Gasteiger partial charge in [0.05, 0.1) is 17.3 Å². The van der Waals surface area contributed by atoms with Crippen molar-refractivity contribution in [3.8, 4) is 11.5 Å². The van der Waals surface area contributed by atoms with Crippen LogP contribution in [0.2, 0.25) is 0 Å². The van der Waals surface area contributed by atoms with Crippen molar-refractivity contribution >= 4 is 88.5 Å². The summed E-state index contributed by atoms with van der Waals surface area (Å²) in [5.74, 6) is -2.84. The Morgan fingerprint density at radius 2 is 1.00 bits per heavy atom. The van der Waals surface area contributed by atoms with Crippen LogP contribution in [0.4, 0.5) is 26.3 Å². The lowest BCUT2D eigenvalue weighted by molar-refractivity contribution is -0.195. The normalized spacial score (nSPS) is 16.0. The van der Waals surface area contributed by atoms with Crippen molar-refractivity contribution in [1.29, 1.82) is 0 Å². The van der Waals surface area contributed by atoms with E-state index in [-0.39, 0.29) is 104 Å². The largest absolute Gasteiger partial charge is 0.508 e. The Morgan fingerprint density at radius 1 is 0.642 bits per heavy atom. The monoisotopic (exact) mass is 1060 g/mol. The number of nitrogens with one attached hydrogen (secondary N) is 1. The number of nitrogens with zero attached hydrogens (tertiary/aromatic N) is 2. The molecule has 6 rings (SSSR count). The van der Waals surface area contributed by atoms with E-state index >= 15 is 0 Å². The van der Waals surface area contributed by atoms with Crippen LogP contribution in [0.15, 0.2) is 72.8 Å². The van der Waals surface area contributed by atoms with E-state index in [0.29, 0.717) is 41.1 Å². The minimum atomic E-state index is -4.33. The fourth-order valence-corrected chi connectivity index (χ4v) is 9.92. The topological polar surface area (TPSA) is 139 Å². The molecule has 67 heavy (non-hydrogen) atoms. The van der Waals surface area contributed by atoms with E-state index in [1.165, 1.54) is 28.2 Å². The van der Waals surface area contributed by atoms with Crippen LogP contribution in [0.5, 0.6) is 11.5 Å².